The minimum atomic E-state index is 0.648. The maximum absolute atomic E-state index is 4.97. The quantitative estimate of drug-likeness (QED) is 0.191. The number of thiazole rings is 1. The molecule has 216 valence electrons. The molecule has 6 aromatic carbocycles. The molecular weight excluding hydrogens is 601 g/mol. The van der Waals surface area contributed by atoms with E-state index >= 15 is 0 Å². The summed E-state index contributed by atoms with van der Waals surface area (Å²) < 4.78 is 3.73. The summed E-state index contributed by atoms with van der Waals surface area (Å²) in [6, 6.07) is 50.4. The van der Waals surface area contributed by atoms with Crippen LogP contribution in [0.4, 0.5) is 0 Å². The molecule has 46 heavy (non-hydrogen) atoms. The summed E-state index contributed by atoms with van der Waals surface area (Å²) in [7, 11) is 0. The van der Waals surface area contributed by atoms with E-state index in [2.05, 4.69) is 78.9 Å². The van der Waals surface area contributed by atoms with Gasteiger partial charge in [0, 0.05) is 42.4 Å². The van der Waals surface area contributed by atoms with E-state index in [0.29, 0.717) is 17.5 Å². The SMILES string of the molecule is c1ccc(-c2nc(-c3ccccc3)nc(-c3cccc(-c4cccc5sc6ccc(-c7nc8ccccc8s7)cc6c45)c3)n2)cc1. The Bertz CT molecular complexity index is 2440. The molecule has 0 aliphatic carbocycles. The van der Waals surface area contributed by atoms with Crippen molar-refractivity contribution in [3.63, 3.8) is 0 Å². The number of rotatable bonds is 5. The maximum atomic E-state index is 4.97. The molecule has 0 saturated heterocycles. The number of hydrogen-bond donors (Lipinski definition) is 0. The number of para-hydroxylation sites is 1. The molecule has 0 aliphatic heterocycles. The minimum Gasteiger partial charge on any atom is -0.236 e. The Balaban J connectivity index is 1.19. The normalized spacial score (nSPS) is 11.5. The molecule has 0 aliphatic rings. The molecule has 4 nitrogen and oxygen atoms in total. The van der Waals surface area contributed by atoms with Crippen LogP contribution >= 0.6 is 22.7 Å². The van der Waals surface area contributed by atoms with Gasteiger partial charge in [0.15, 0.2) is 17.5 Å². The minimum absolute atomic E-state index is 0.648. The lowest BCUT2D eigenvalue weighted by Crippen LogP contribution is -2.00. The van der Waals surface area contributed by atoms with Crippen molar-refractivity contribution in [3.05, 3.63) is 146 Å². The molecule has 9 rings (SSSR count). The van der Waals surface area contributed by atoms with Crippen LogP contribution in [0.3, 0.4) is 0 Å². The van der Waals surface area contributed by atoms with E-state index in [-0.39, 0.29) is 0 Å². The van der Waals surface area contributed by atoms with Gasteiger partial charge in [0.1, 0.15) is 5.01 Å². The Kier molecular flexibility index (Phi) is 6.47. The highest BCUT2D eigenvalue weighted by atomic mass is 32.1. The first-order chi connectivity index (χ1) is 22.8. The molecule has 0 atom stereocenters. The van der Waals surface area contributed by atoms with Gasteiger partial charge in [-0.15, -0.1) is 22.7 Å². The van der Waals surface area contributed by atoms with E-state index < -0.39 is 0 Å². The molecule has 0 fully saturated rings. The molecule has 0 unspecified atom stereocenters. The average Bonchev–Trinajstić information content (AvgIpc) is 3.74. The molecule has 3 heterocycles. The van der Waals surface area contributed by atoms with Gasteiger partial charge in [0.2, 0.25) is 0 Å². The molecule has 0 spiro atoms. The first-order valence-electron chi connectivity index (χ1n) is 15.1. The fourth-order valence-corrected chi connectivity index (χ4v) is 8.03. The van der Waals surface area contributed by atoms with Crippen molar-refractivity contribution in [2.45, 2.75) is 0 Å². The van der Waals surface area contributed by atoms with E-state index in [0.717, 1.165) is 38.3 Å². The Hall–Kier alpha value is -5.56. The molecule has 6 heteroatoms. The van der Waals surface area contributed by atoms with E-state index in [9.17, 15) is 0 Å². The number of fused-ring (bicyclic) bond motifs is 4. The molecule has 3 aromatic heterocycles. The summed E-state index contributed by atoms with van der Waals surface area (Å²) in [5.74, 6) is 1.96. The van der Waals surface area contributed by atoms with E-state index in [1.54, 1.807) is 11.3 Å². The van der Waals surface area contributed by atoms with Gasteiger partial charge in [0.05, 0.1) is 10.2 Å². The van der Waals surface area contributed by atoms with Crippen LogP contribution in [0, 0.1) is 0 Å². The molecule has 0 radical (unpaired) electrons. The van der Waals surface area contributed by atoms with Crippen LogP contribution in [0.2, 0.25) is 0 Å². The lowest BCUT2D eigenvalue weighted by Gasteiger charge is -2.10. The third-order valence-electron chi connectivity index (χ3n) is 8.17. The van der Waals surface area contributed by atoms with Crippen LogP contribution in [0.1, 0.15) is 0 Å². The monoisotopic (exact) mass is 624 g/mol. The predicted molar refractivity (Wildman–Crippen MR) is 193 cm³/mol. The highest BCUT2D eigenvalue weighted by molar-refractivity contribution is 7.26. The number of hydrogen-bond acceptors (Lipinski definition) is 6. The summed E-state index contributed by atoms with van der Waals surface area (Å²) in [6.07, 6.45) is 0. The zero-order chi connectivity index (χ0) is 30.5. The van der Waals surface area contributed by atoms with Crippen molar-refractivity contribution in [2.24, 2.45) is 0 Å². The van der Waals surface area contributed by atoms with Gasteiger partial charge < -0.3 is 0 Å². The highest BCUT2D eigenvalue weighted by Crippen LogP contribution is 2.42. The average molecular weight is 625 g/mol. The van der Waals surface area contributed by atoms with Gasteiger partial charge in [-0.2, -0.15) is 0 Å². The van der Waals surface area contributed by atoms with Gasteiger partial charge in [-0.25, -0.2) is 19.9 Å². The summed E-state index contributed by atoms with van der Waals surface area (Å²) in [5, 5.41) is 3.55. The predicted octanol–water partition coefficient (Wildman–Crippen LogP) is 11.2. The van der Waals surface area contributed by atoms with Crippen molar-refractivity contribution in [3.8, 4) is 55.9 Å². The maximum Gasteiger partial charge on any atom is 0.164 e. The van der Waals surface area contributed by atoms with Gasteiger partial charge in [-0.3, -0.25) is 0 Å². The summed E-state index contributed by atoms with van der Waals surface area (Å²) >= 11 is 3.57. The zero-order valence-electron chi connectivity index (χ0n) is 24.5. The van der Waals surface area contributed by atoms with Crippen molar-refractivity contribution in [1.29, 1.82) is 0 Å². The van der Waals surface area contributed by atoms with Crippen LogP contribution in [-0.2, 0) is 0 Å². The van der Waals surface area contributed by atoms with E-state index in [1.807, 2.05) is 78.1 Å². The number of nitrogens with zero attached hydrogens (tertiary/aromatic N) is 4. The molecule has 9 aromatic rings. The lowest BCUT2D eigenvalue weighted by molar-refractivity contribution is 1.07. The topological polar surface area (TPSA) is 51.6 Å². The number of benzene rings is 6. The largest absolute Gasteiger partial charge is 0.236 e. The van der Waals surface area contributed by atoms with Crippen LogP contribution in [0.5, 0.6) is 0 Å². The Morgan fingerprint density at radius 2 is 0.978 bits per heavy atom. The molecule has 0 saturated carbocycles. The standard InChI is InChI=1S/C40H24N4S2/c1-3-11-25(12-4-1)37-42-38(26-13-5-2-6-14-26)44-39(43-37)28-16-9-15-27(23-28)30-17-10-20-35-36(30)31-24-29(21-22-33(31)45-35)40-41-32-18-7-8-19-34(32)46-40/h1-24H. The number of aromatic nitrogens is 4. The Morgan fingerprint density at radius 3 is 1.72 bits per heavy atom. The van der Waals surface area contributed by atoms with Crippen molar-refractivity contribution >= 4 is 53.1 Å². The van der Waals surface area contributed by atoms with Gasteiger partial charge >= 0.3 is 0 Å². The molecular formula is C40H24N4S2. The van der Waals surface area contributed by atoms with Crippen LogP contribution in [0.25, 0.3) is 86.3 Å². The van der Waals surface area contributed by atoms with Crippen LogP contribution in [-0.4, -0.2) is 19.9 Å². The van der Waals surface area contributed by atoms with Gasteiger partial charge in [0.25, 0.3) is 0 Å². The first kappa shape index (κ1) is 26.8. The third kappa shape index (κ3) is 4.76. The van der Waals surface area contributed by atoms with Gasteiger partial charge in [-0.05, 0) is 47.5 Å². The summed E-state index contributed by atoms with van der Waals surface area (Å²) in [6.45, 7) is 0. The van der Waals surface area contributed by atoms with Crippen LogP contribution in [0.15, 0.2) is 146 Å². The second-order valence-corrected chi connectivity index (χ2v) is 13.2. The van der Waals surface area contributed by atoms with E-state index in [4.69, 9.17) is 19.9 Å². The Labute approximate surface area is 273 Å². The molecule has 0 amide bonds. The summed E-state index contributed by atoms with van der Waals surface area (Å²) in [4.78, 5) is 19.8. The summed E-state index contributed by atoms with van der Waals surface area (Å²) in [5.41, 5.74) is 7.35. The lowest BCUT2D eigenvalue weighted by atomic mass is 9.97. The highest BCUT2D eigenvalue weighted by Gasteiger charge is 2.16. The fourth-order valence-electron chi connectivity index (χ4n) is 5.96. The first-order valence-corrected chi connectivity index (χ1v) is 16.7. The van der Waals surface area contributed by atoms with Crippen LogP contribution < -0.4 is 0 Å². The van der Waals surface area contributed by atoms with Crippen molar-refractivity contribution < 1.29 is 0 Å². The number of thiophene rings is 1. The third-order valence-corrected chi connectivity index (χ3v) is 10.4. The van der Waals surface area contributed by atoms with Crippen molar-refractivity contribution in [1.82, 2.24) is 19.9 Å². The smallest absolute Gasteiger partial charge is 0.164 e. The van der Waals surface area contributed by atoms with E-state index in [1.165, 1.54) is 30.4 Å². The fraction of sp³-hybridized carbons (Fsp3) is 0. The second-order valence-electron chi connectivity index (χ2n) is 11.1. The Morgan fingerprint density at radius 1 is 0.370 bits per heavy atom. The van der Waals surface area contributed by atoms with Gasteiger partial charge in [-0.1, -0.05) is 109 Å². The zero-order valence-corrected chi connectivity index (χ0v) is 26.1. The van der Waals surface area contributed by atoms with Crippen molar-refractivity contribution in [2.75, 3.05) is 0 Å². The molecule has 0 N–H and O–H groups in total. The second kappa shape index (κ2) is 11.1. The molecule has 0 bridgehead atoms.